The largest absolute Gasteiger partial charge is 0.533 e. The van der Waals surface area contributed by atoms with Crippen LogP contribution < -0.4 is 9.61 Å². The van der Waals surface area contributed by atoms with Crippen LogP contribution in [0.25, 0.3) is 0 Å². The lowest BCUT2D eigenvalue weighted by Gasteiger charge is -2.07. The van der Waals surface area contributed by atoms with Crippen molar-refractivity contribution in [1.29, 1.82) is 0 Å². The molecule has 0 atom stereocenters. The van der Waals surface area contributed by atoms with Crippen molar-refractivity contribution in [3.63, 3.8) is 0 Å². The smallest absolute Gasteiger partial charge is 0.503 e. The molecule has 0 bridgehead atoms. The second-order valence-electron chi connectivity index (χ2n) is 3.47. The number of carboxylic acid groups (broad SMARTS) is 2. The highest BCUT2D eigenvalue weighted by Gasteiger charge is 2.06. The lowest BCUT2D eigenvalue weighted by molar-refractivity contribution is 0.137. The minimum Gasteiger partial charge on any atom is -0.533 e. The van der Waals surface area contributed by atoms with Gasteiger partial charge in [0, 0.05) is 5.19 Å². The Labute approximate surface area is 117 Å². The topological polar surface area (TPSA) is 107 Å². The summed E-state index contributed by atoms with van der Waals surface area (Å²) < 4.78 is 5.42. The number of phenolic OH excluding ortho intramolecular Hbond substituents is 2. The number of carbonyl (C=O) groups is 1. The van der Waals surface area contributed by atoms with Gasteiger partial charge in [0.15, 0.2) is 5.75 Å². The Bertz CT molecular complexity index is 523. The second kappa shape index (κ2) is 7.69. The standard InChI is InChI=1S/C12H10O3Si.CH2O3/c13-9-5-1-3-7-11(9)15-16-12-8-4-2-6-10(12)14;2-1(3)4/h1-8,13-14H;(H2,2,3,4). The van der Waals surface area contributed by atoms with Gasteiger partial charge in [-0.1, -0.05) is 30.3 Å². The molecule has 104 valence electrons. The predicted octanol–water partition coefficient (Wildman–Crippen LogP) is 1.64. The first kappa shape index (κ1) is 15.4. The summed E-state index contributed by atoms with van der Waals surface area (Å²) in [6.07, 6.45) is -1.83. The summed E-state index contributed by atoms with van der Waals surface area (Å²) in [4.78, 5) is 8.56. The molecule has 20 heavy (non-hydrogen) atoms. The van der Waals surface area contributed by atoms with Gasteiger partial charge >= 0.3 is 15.9 Å². The molecular formula is C13H12O6Si. The first-order chi connectivity index (χ1) is 9.50. The van der Waals surface area contributed by atoms with Crippen molar-refractivity contribution in [3.05, 3.63) is 48.5 Å². The molecule has 2 aromatic carbocycles. The van der Waals surface area contributed by atoms with Gasteiger partial charge in [-0.2, -0.15) is 0 Å². The summed E-state index contributed by atoms with van der Waals surface area (Å²) in [6.45, 7) is 0. The van der Waals surface area contributed by atoms with Crippen LogP contribution in [0, 0.1) is 0 Å². The van der Waals surface area contributed by atoms with Crippen molar-refractivity contribution in [1.82, 2.24) is 0 Å². The number of phenols is 2. The number of para-hydroxylation sites is 3. The zero-order chi connectivity index (χ0) is 15.0. The van der Waals surface area contributed by atoms with Crippen molar-refractivity contribution in [3.8, 4) is 17.2 Å². The van der Waals surface area contributed by atoms with E-state index in [9.17, 15) is 10.2 Å². The number of rotatable bonds is 3. The molecule has 2 rings (SSSR count). The normalized spacial score (nSPS) is 9.20. The fourth-order valence-corrected chi connectivity index (χ4v) is 1.96. The first-order valence-electron chi connectivity index (χ1n) is 5.41. The van der Waals surface area contributed by atoms with Crippen LogP contribution in [0.3, 0.4) is 0 Å². The molecule has 2 aromatic rings. The van der Waals surface area contributed by atoms with Crippen LogP contribution in [0.1, 0.15) is 0 Å². The van der Waals surface area contributed by atoms with Gasteiger partial charge in [0.1, 0.15) is 11.5 Å². The molecule has 7 heteroatoms. The molecule has 0 heterocycles. The lowest BCUT2D eigenvalue weighted by atomic mass is 10.3. The van der Waals surface area contributed by atoms with Crippen LogP contribution >= 0.6 is 0 Å². The average molecular weight is 292 g/mol. The fourth-order valence-electron chi connectivity index (χ4n) is 1.21. The summed E-state index contributed by atoms with van der Waals surface area (Å²) in [6, 6.07) is 13.7. The molecule has 6 nitrogen and oxygen atoms in total. The van der Waals surface area contributed by atoms with Crippen LogP contribution in [-0.4, -0.2) is 36.3 Å². The third-order valence-corrected chi connectivity index (χ3v) is 3.00. The van der Waals surface area contributed by atoms with E-state index in [0.717, 1.165) is 0 Å². The van der Waals surface area contributed by atoms with Crippen molar-refractivity contribution in [2.24, 2.45) is 0 Å². The summed E-state index contributed by atoms with van der Waals surface area (Å²) >= 11 is 0. The van der Waals surface area contributed by atoms with E-state index < -0.39 is 6.16 Å². The van der Waals surface area contributed by atoms with Gasteiger partial charge in [0.05, 0.1) is 0 Å². The van der Waals surface area contributed by atoms with Crippen molar-refractivity contribution >= 4 is 21.1 Å². The molecule has 2 radical (unpaired) electrons. The third-order valence-electron chi connectivity index (χ3n) is 2.04. The lowest BCUT2D eigenvalue weighted by Crippen LogP contribution is -2.20. The number of benzene rings is 2. The molecule has 4 N–H and O–H groups in total. The highest BCUT2D eigenvalue weighted by atomic mass is 28.2. The maximum Gasteiger partial charge on any atom is 0.503 e. The Balaban J connectivity index is 0.000000444. The highest BCUT2D eigenvalue weighted by Crippen LogP contribution is 2.23. The van der Waals surface area contributed by atoms with E-state index in [1.165, 1.54) is 0 Å². The molecule has 0 fully saturated rings. The van der Waals surface area contributed by atoms with E-state index in [1.807, 2.05) is 6.07 Å². The van der Waals surface area contributed by atoms with Gasteiger partial charge in [-0.3, -0.25) is 0 Å². The summed E-state index contributed by atoms with van der Waals surface area (Å²) in [5.41, 5.74) is 0. The Kier molecular flexibility index (Phi) is 5.92. The number of aromatic hydroxyl groups is 2. The number of hydrogen-bond acceptors (Lipinski definition) is 4. The van der Waals surface area contributed by atoms with Crippen molar-refractivity contribution in [2.45, 2.75) is 0 Å². The second-order valence-corrected chi connectivity index (χ2v) is 4.42. The fraction of sp³-hybridized carbons (Fsp3) is 0. The summed E-state index contributed by atoms with van der Waals surface area (Å²) in [7, 11) is -0.0329. The zero-order valence-corrected chi connectivity index (χ0v) is 11.2. The van der Waals surface area contributed by atoms with Gasteiger partial charge in [-0.25, -0.2) is 4.79 Å². The van der Waals surface area contributed by atoms with Crippen molar-refractivity contribution in [2.75, 3.05) is 0 Å². The molecule has 0 saturated heterocycles. The molecule has 0 aromatic heterocycles. The monoisotopic (exact) mass is 292 g/mol. The van der Waals surface area contributed by atoms with E-state index in [2.05, 4.69) is 0 Å². The van der Waals surface area contributed by atoms with Gasteiger partial charge in [0.2, 0.25) is 0 Å². The summed E-state index contributed by atoms with van der Waals surface area (Å²) in [5.74, 6) is 0.728. The van der Waals surface area contributed by atoms with Gasteiger partial charge in [0.25, 0.3) is 0 Å². The zero-order valence-electron chi connectivity index (χ0n) is 10.2. The van der Waals surface area contributed by atoms with Crippen LogP contribution in [0.2, 0.25) is 0 Å². The van der Waals surface area contributed by atoms with Gasteiger partial charge < -0.3 is 24.9 Å². The molecule has 0 amide bonds. The Morgan fingerprint density at radius 3 is 1.95 bits per heavy atom. The Hall–Kier alpha value is -2.67. The first-order valence-corrected chi connectivity index (χ1v) is 6.32. The Morgan fingerprint density at radius 1 is 0.900 bits per heavy atom. The minimum atomic E-state index is -1.83. The molecule has 0 aliphatic carbocycles. The molecule has 0 aliphatic rings. The van der Waals surface area contributed by atoms with Gasteiger partial charge in [-0.15, -0.1) is 0 Å². The summed E-state index contributed by atoms with van der Waals surface area (Å²) in [5, 5.41) is 33.7. The van der Waals surface area contributed by atoms with Crippen LogP contribution in [0.5, 0.6) is 17.2 Å². The van der Waals surface area contributed by atoms with Crippen LogP contribution in [-0.2, 0) is 0 Å². The van der Waals surface area contributed by atoms with E-state index in [0.29, 0.717) is 10.9 Å². The highest BCUT2D eigenvalue weighted by molar-refractivity contribution is 6.49. The quantitative estimate of drug-likeness (QED) is 0.641. The van der Waals surface area contributed by atoms with Crippen LogP contribution in [0.4, 0.5) is 4.79 Å². The molecule has 0 saturated carbocycles. The van der Waals surface area contributed by atoms with E-state index >= 15 is 0 Å². The van der Waals surface area contributed by atoms with Crippen LogP contribution in [0.15, 0.2) is 48.5 Å². The Morgan fingerprint density at radius 2 is 1.40 bits per heavy atom. The molecule has 0 aliphatic heterocycles. The van der Waals surface area contributed by atoms with E-state index in [1.54, 1.807) is 42.5 Å². The maximum atomic E-state index is 9.52. The van der Waals surface area contributed by atoms with E-state index in [4.69, 9.17) is 19.4 Å². The molecule has 0 spiro atoms. The average Bonchev–Trinajstić information content (AvgIpc) is 2.39. The van der Waals surface area contributed by atoms with E-state index in [-0.39, 0.29) is 21.3 Å². The molecule has 0 unspecified atom stereocenters. The molecular weight excluding hydrogens is 280 g/mol. The SMILES string of the molecule is O=C(O)O.Oc1ccccc1O[Si]c1ccccc1O. The van der Waals surface area contributed by atoms with Gasteiger partial charge in [-0.05, 0) is 18.2 Å². The number of hydrogen-bond donors (Lipinski definition) is 4. The third kappa shape index (κ3) is 5.32. The maximum absolute atomic E-state index is 9.52. The van der Waals surface area contributed by atoms with Crippen molar-refractivity contribution < 1.29 is 29.6 Å². The predicted molar refractivity (Wildman–Crippen MR) is 72.9 cm³/mol. The minimum absolute atomic E-state index is 0.0329.